The standard InChI is InChI=1S/C12H20O/c1-4-5-6-11-7-9(2)10(3)8-12(11)13/h8-9,11H,4-7H2,1-3H3/t9-,11+/m0/s1. The van der Waals surface area contributed by atoms with Crippen LogP contribution in [-0.2, 0) is 4.79 Å². The molecule has 0 unspecified atom stereocenters. The fourth-order valence-corrected chi connectivity index (χ4v) is 1.92. The molecule has 1 nitrogen and oxygen atoms in total. The highest BCUT2D eigenvalue weighted by Gasteiger charge is 2.24. The van der Waals surface area contributed by atoms with E-state index in [4.69, 9.17) is 0 Å². The fraction of sp³-hybridized carbons (Fsp3) is 0.750. The molecular weight excluding hydrogens is 160 g/mol. The van der Waals surface area contributed by atoms with Crippen molar-refractivity contribution in [1.29, 1.82) is 0 Å². The predicted molar refractivity (Wildman–Crippen MR) is 55.6 cm³/mol. The summed E-state index contributed by atoms with van der Waals surface area (Å²) < 4.78 is 0. The third kappa shape index (κ3) is 2.68. The summed E-state index contributed by atoms with van der Waals surface area (Å²) in [6.07, 6.45) is 6.40. The normalized spacial score (nSPS) is 28.8. The average molecular weight is 180 g/mol. The molecule has 1 heteroatoms. The second kappa shape index (κ2) is 4.59. The molecule has 0 aromatic heterocycles. The first-order chi connectivity index (χ1) is 6.15. The SMILES string of the molecule is CCCC[C@@H]1C[C@H](C)C(C)=CC1=O. The van der Waals surface area contributed by atoms with Gasteiger partial charge in [-0.1, -0.05) is 32.3 Å². The van der Waals surface area contributed by atoms with Gasteiger partial charge in [-0.2, -0.15) is 0 Å². The van der Waals surface area contributed by atoms with Crippen molar-refractivity contribution in [3.8, 4) is 0 Å². The Hall–Kier alpha value is -0.590. The van der Waals surface area contributed by atoms with Gasteiger partial charge in [0.05, 0.1) is 0 Å². The van der Waals surface area contributed by atoms with Crippen molar-refractivity contribution < 1.29 is 4.79 Å². The van der Waals surface area contributed by atoms with Crippen LogP contribution < -0.4 is 0 Å². The van der Waals surface area contributed by atoms with Gasteiger partial charge < -0.3 is 0 Å². The lowest BCUT2D eigenvalue weighted by Gasteiger charge is -2.24. The smallest absolute Gasteiger partial charge is 0.158 e. The van der Waals surface area contributed by atoms with Crippen molar-refractivity contribution in [1.82, 2.24) is 0 Å². The minimum absolute atomic E-state index is 0.318. The summed E-state index contributed by atoms with van der Waals surface area (Å²) in [5.41, 5.74) is 1.26. The zero-order valence-electron chi connectivity index (χ0n) is 8.97. The van der Waals surface area contributed by atoms with Gasteiger partial charge in [-0.15, -0.1) is 0 Å². The van der Waals surface area contributed by atoms with Crippen LogP contribution in [0.25, 0.3) is 0 Å². The lowest BCUT2D eigenvalue weighted by atomic mass is 9.80. The number of hydrogen-bond donors (Lipinski definition) is 0. The van der Waals surface area contributed by atoms with Crippen molar-refractivity contribution in [2.24, 2.45) is 11.8 Å². The van der Waals surface area contributed by atoms with Crippen LogP contribution in [0.5, 0.6) is 0 Å². The summed E-state index contributed by atoms with van der Waals surface area (Å²) in [6.45, 7) is 6.47. The van der Waals surface area contributed by atoms with Gasteiger partial charge in [0.25, 0.3) is 0 Å². The molecule has 0 aromatic rings. The highest BCUT2D eigenvalue weighted by atomic mass is 16.1. The third-order valence-electron chi connectivity index (χ3n) is 3.09. The Morgan fingerprint density at radius 2 is 2.23 bits per heavy atom. The second-order valence-electron chi connectivity index (χ2n) is 4.27. The molecule has 0 radical (unpaired) electrons. The molecular formula is C12H20O. The van der Waals surface area contributed by atoms with E-state index in [0.29, 0.717) is 17.6 Å². The molecule has 0 heterocycles. The Labute approximate surface area is 81.2 Å². The molecule has 0 saturated heterocycles. The first kappa shape index (κ1) is 10.5. The van der Waals surface area contributed by atoms with E-state index < -0.39 is 0 Å². The second-order valence-corrected chi connectivity index (χ2v) is 4.27. The van der Waals surface area contributed by atoms with Crippen molar-refractivity contribution in [2.45, 2.75) is 46.5 Å². The van der Waals surface area contributed by atoms with Crippen molar-refractivity contribution in [2.75, 3.05) is 0 Å². The lowest BCUT2D eigenvalue weighted by Crippen LogP contribution is -2.21. The number of unbranched alkanes of at least 4 members (excludes halogenated alkanes) is 1. The third-order valence-corrected chi connectivity index (χ3v) is 3.09. The zero-order valence-corrected chi connectivity index (χ0v) is 8.97. The molecule has 2 atom stereocenters. The van der Waals surface area contributed by atoms with E-state index in [2.05, 4.69) is 20.8 Å². The first-order valence-electron chi connectivity index (χ1n) is 5.37. The lowest BCUT2D eigenvalue weighted by molar-refractivity contribution is -0.119. The van der Waals surface area contributed by atoms with Crippen LogP contribution in [0.4, 0.5) is 0 Å². The van der Waals surface area contributed by atoms with Crippen molar-refractivity contribution >= 4 is 5.78 Å². The maximum atomic E-state index is 11.6. The van der Waals surface area contributed by atoms with Gasteiger partial charge in [-0.25, -0.2) is 0 Å². The van der Waals surface area contributed by atoms with Crippen LogP contribution in [0.2, 0.25) is 0 Å². The summed E-state index contributed by atoms with van der Waals surface area (Å²) in [5, 5.41) is 0. The molecule has 0 aromatic carbocycles. The Bertz CT molecular complexity index is 215. The van der Waals surface area contributed by atoms with Crippen LogP contribution >= 0.6 is 0 Å². The molecule has 0 amide bonds. The number of hydrogen-bond acceptors (Lipinski definition) is 1. The number of carbonyl (C=O) groups excluding carboxylic acids is 1. The Morgan fingerprint density at radius 3 is 2.85 bits per heavy atom. The molecule has 0 aliphatic heterocycles. The van der Waals surface area contributed by atoms with Crippen molar-refractivity contribution in [3.05, 3.63) is 11.6 Å². The van der Waals surface area contributed by atoms with E-state index in [-0.39, 0.29) is 0 Å². The van der Waals surface area contributed by atoms with Crippen LogP contribution in [0.3, 0.4) is 0 Å². The van der Waals surface area contributed by atoms with Gasteiger partial charge in [0.1, 0.15) is 0 Å². The van der Waals surface area contributed by atoms with Crippen molar-refractivity contribution in [3.63, 3.8) is 0 Å². The number of ketones is 1. The molecule has 0 N–H and O–H groups in total. The maximum absolute atomic E-state index is 11.6. The molecule has 1 aliphatic carbocycles. The molecule has 13 heavy (non-hydrogen) atoms. The molecule has 0 spiro atoms. The molecule has 74 valence electrons. The van der Waals surface area contributed by atoms with Gasteiger partial charge in [-0.3, -0.25) is 4.79 Å². The van der Waals surface area contributed by atoms with Crippen LogP contribution in [0, 0.1) is 11.8 Å². The number of rotatable bonds is 3. The summed E-state index contributed by atoms with van der Waals surface area (Å²) in [6, 6.07) is 0. The van der Waals surface area contributed by atoms with E-state index in [0.717, 1.165) is 12.8 Å². The quantitative estimate of drug-likeness (QED) is 0.651. The predicted octanol–water partition coefficient (Wildman–Crippen LogP) is 3.35. The van der Waals surface area contributed by atoms with E-state index in [9.17, 15) is 4.79 Å². The minimum atomic E-state index is 0.318. The minimum Gasteiger partial charge on any atom is -0.295 e. The number of allylic oxidation sites excluding steroid dienone is 2. The molecule has 1 rings (SSSR count). The zero-order chi connectivity index (χ0) is 9.84. The molecule has 1 aliphatic rings. The van der Waals surface area contributed by atoms with Crippen LogP contribution in [0.15, 0.2) is 11.6 Å². The highest BCUT2D eigenvalue weighted by Crippen LogP contribution is 2.29. The number of carbonyl (C=O) groups is 1. The van der Waals surface area contributed by atoms with Gasteiger partial charge in [0.2, 0.25) is 0 Å². The molecule has 0 saturated carbocycles. The molecule has 0 fully saturated rings. The summed E-state index contributed by atoms with van der Waals surface area (Å²) in [5.74, 6) is 1.29. The summed E-state index contributed by atoms with van der Waals surface area (Å²) in [4.78, 5) is 11.6. The van der Waals surface area contributed by atoms with Gasteiger partial charge >= 0.3 is 0 Å². The Balaban J connectivity index is 2.55. The monoisotopic (exact) mass is 180 g/mol. The molecule has 0 bridgehead atoms. The van der Waals surface area contributed by atoms with Crippen LogP contribution in [-0.4, -0.2) is 5.78 Å². The van der Waals surface area contributed by atoms with Gasteiger partial charge in [-0.05, 0) is 31.8 Å². The van der Waals surface area contributed by atoms with Gasteiger partial charge in [0.15, 0.2) is 5.78 Å². The van der Waals surface area contributed by atoms with E-state index in [1.807, 2.05) is 6.08 Å². The van der Waals surface area contributed by atoms with E-state index in [1.54, 1.807) is 0 Å². The fourth-order valence-electron chi connectivity index (χ4n) is 1.92. The average Bonchev–Trinajstić information content (AvgIpc) is 2.09. The van der Waals surface area contributed by atoms with E-state index >= 15 is 0 Å². The first-order valence-corrected chi connectivity index (χ1v) is 5.37. The Kier molecular flexibility index (Phi) is 3.71. The Morgan fingerprint density at radius 1 is 1.54 bits per heavy atom. The van der Waals surface area contributed by atoms with Gasteiger partial charge in [0, 0.05) is 5.92 Å². The topological polar surface area (TPSA) is 17.1 Å². The van der Waals surface area contributed by atoms with Crippen LogP contribution in [0.1, 0.15) is 46.5 Å². The summed E-state index contributed by atoms with van der Waals surface area (Å²) >= 11 is 0. The summed E-state index contributed by atoms with van der Waals surface area (Å²) in [7, 11) is 0. The maximum Gasteiger partial charge on any atom is 0.158 e. The highest BCUT2D eigenvalue weighted by molar-refractivity contribution is 5.93. The van der Waals surface area contributed by atoms with E-state index in [1.165, 1.54) is 18.4 Å². The largest absolute Gasteiger partial charge is 0.295 e.